The maximum Gasteiger partial charge on any atom is 0.148 e. The number of fused-ring (bicyclic) bond motifs is 4. The molecular formula is C60H39N4OPt-. The van der Waals surface area contributed by atoms with Crippen molar-refractivity contribution in [3.63, 3.8) is 0 Å². The first kappa shape index (κ1) is 40.6. The largest absolute Gasteiger partial charge is 0.507 e. The fourth-order valence-electron chi connectivity index (χ4n) is 9.35. The van der Waals surface area contributed by atoms with Gasteiger partial charge in [-0.15, -0.1) is 23.8 Å². The molecule has 12 rings (SSSR count). The summed E-state index contributed by atoms with van der Waals surface area (Å²) in [4.78, 5) is 10.5. The molecule has 5 nitrogen and oxygen atoms in total. The molecule has 0 unspecified atom stereocenters. The van der Waals surface area contributed by atoms with Gasteiger partial charge in [0.05, 0.1) is 33.3 Å². The molecule has 1 N–H and O–H groups in total. The van der Waals surface area contributed by atoms with E-state index in [0.717, 1.165) is 100.0 Å². The molecule has 3 heterocycles. The summed E-state index contributed by atoms with van der Waals surface area (Å²) in [5.74, 6) is 0.764. The van der Waals surface area contributed by atoms with E-state index in [9.17, 15) is 5.11 Å². The van der Waals surface area contributed by atoms with Crippen LogP contribution in [-0.4, -0.2) is 24.2 Å². The van der Waals surface area contributed by atoms with Crippen molar-refractivity contribution in [2.45, 2.75) is 0 Å². The first-order valence-electron chi connectivity index (χ1n) is 21.8. The number of nitrogens with zero attached hydrogens (tertiary/aromatic N) is 4. The van der Waals surface area contributed by atoms with E-state index in [1.807, 2.05) is 48.7 Å². The van der Waals surface area contributed by atoms with Gasteiger partial charge in [-0.1, -0.05) is 180 Å². The van der Waals surface area contributed by atoms with Gasteiger partial charge in [0.2, 0.25) is 0 Å². The van der Waals surface area contributed by atoms with Gasteiger partial charge in [-0.25, -0.2) is 4.98 Å². The predicted molar refractivity (Wildman–Crippen MR) is 266 cm³/mol. The van der Waals surface area contributed by atoms with Crippen molar-refractivity contribution in [2.75, 3.05) is 0 Å². The number of aromatic nitrogens is 4. The van der Waals surface area contributed by atoms with Crippen LogP contribution in [0.15, 0.2) is 231 Å². The average Bonchev–Trinajstić information content (AvgIpc) is 3.92. The van der Waals surface area contributed by atoms with Crippen molar-refractivity contribution >= 4 is 32.8 Å². The topological polar surface area (TPSA) is 55.9 Å². The molecule has 6 heteroatoms. The fraction of sp³-hybridized carbons (Fsp3) is 0. The molecule has 0 saturated carbocycles. The Labute approximate surface area is 396 Å². The summed E-state index contributed by atoms with van der Waals surface area (Å²) in [6.07, 6.45) is 1.87. The van der Waals surface area contributed by atoms with E-state index in [0.29, 0.717) is 11.4 Å². The van der Waals surface area contributed by atoms with Gasteiger partial charge in [-0.2, -0.15) is 0 Å². The van der Waals surface area contributed by atoms with E-state index >= 15 is 0 Å². The first-order valence-corrected chi connectivity index (χ1v) is 21.8. The van der Waals surface area contributed by atoms with Gasteiger partial charge >= 0.3 is 0 Å². The second-order valence-corrected chi connectivity index (χ2v) is 16.3. The summed E-state index contributed by atoms with van der Waals surface area (Å²) in [6, 6.07) is 81.2. The molecule has 0 bridgehead atoms. The maximum atomic E-state index is 12.4. The number of phenolic OH excluding ortho intramolecular Hbond substituents is 1. The Morgan fingerprint density at radius 1 is 0.409 bits per heavy atom. The SMILES string of the molecule is Oc1cc2c(cc1-c1nc3c(-c4[c-]c(-c5cc(-c6ccccc6)ccn5)cc(-c5ccccc5)c4)cccc3n1-c1ccccc1-c1ccccc1)c1ccccc1n2-c1ccccc1.[Pt]. The van der Waals surface area contributed by atoms with Crippen molar-refractivity contribution in [2.24, 2.45) is 0 Å². The van der Waals surface area contributed by atoms with Crippen molar-refractivity contribution < 1.29 is 26.2 Å². The third kappa shape index (κ3) is 7.11. The van der Waals surface area contributed by atoms with Gasteiger partial charge in [0.25, 0.3) is 0 Å². The molecule has 0 atom stereocenters. The Balaban J connectivity index is 0.00000481. The Hall–Kier alpha value is -8.11. The quantitative estimate of drug-likeness (QED) is 0.154. The fourth-order valence-corrected chi connectivity index (χ4v) is 9.35. The minimum atomic E-state index is 0. The van der Waals surface area contributed by atoms with Crippen LogP contribution in [0.5, 0.6) is 5.75 Å². The third-order valence-corrected chi connectivity index (χ3v) is 12.4. The van der Waals surface area contributed by atoms with Gasteiger partial charge < -0.3 is 9.67 Å². The zero-order chi connectivity index (χ0) is 43.3. The standard InChI is InChI=1S/C60H39N4O.Pt/c65-58-39-57-51(50-27-14-16-30-55(50)63(57)47-24-11-4-12-25-47)38-52(58)60-62-59-49(28-17-31-56(59)64(60)54-29-15-13-26-48(54)42-22-9-3-10-23-42)45-34-44(41-20-7-2-8-21-41)35-46(36-45)53-37-43(32-33-61-53)40-18-5-1-6-19-40;/h1-35,37-39,65H;/q-1;. The first-order chi connectivity index (χ1) is 32.2. The summed E-state index contributed by atoms with van der Waals surface area (Å²) >= 11 is 0. The van der Waals surface area contributed by atoms with Crippen molar-refractivity contribution in [3.8, 4) is 84.3 Å². The smallest absolute Gasteiger partial charge is 0.148 e. The van der Waals surface area contributed by atoms with Crippen molar-refractivity contribution in [3.05, 3.63) is 237 Å². The number of phenols is 1. The van der Waals surface area contributed by atoms with Crippen LogP contribution in [0.1, 0.15) is 0 Å². The summed E-state index contributed by atoms with van der Waals surface area (Å²) in [5, 5.41) is 14.5. The number of rotatable bonds is 8. The predicted octanol–water partition coefficient (Wildman–Crippen LogP) is 15.0. The number of hydrogen-bond donors (Lipinski definition) is 1. The van der Waals surface area contributed by atoms with Gasteiger partial charge in [-0.05, 0) is 64.7 Å². The van der Waals surface area contributed by atoms with Crippen LogP contribution in [0.25, 0.3) is 111 Å². The van der Waals surface area contributed by atoms with Gasteiger partial charge in [-0.3, -0.25) is 9.55 Å². The van der Waals surface area contributed by atoms with E-state index in [2.05, 4.69) is 197 Å². The minimum absolute atomic E-state index is 0. The summed E-state index contributed by atoms with van der Waals surface area (Å²) in [6.45, 7) is 0. The molecular weight excluding hydrogens is 988 g/mol. The molecule has 0 aliphatic rings. The number of imidazole rings is 1. The molecule has 9 aromatic carbocycles. The Morgan fingerprint density at radius 2 is 1.02 bits per heavy atom. The monoisotopic (exact) mass is 1030 g/mol. The summed E-state index contributed by atoms with van der Waals surface area (Å²) < 4.78 is 4.43. The molecule has 0 aliphatic carbocycles. The molecule has 316 valence electrons. The van der Waals surface area contributed by atoms with Crippen LogP contribution in [0.4, 0.5) is 0 Å². The molecule has 66 heavy (non-hydrogen) atoms. The maximum absolute atomic E-state index is 12.4. The number of aromatic hydroxyl groups is 1. The van der Waals surface area contributed by atoms with Crippen LogP contribution < -0.4 is 0 Å². The van der Waals surface area contributed by atoms with Crippen LogP contribution in [0.3, 0.4) is 0 Å². The Kier molecular flexibility index (Phi) is 10.5. The van der Waals surface area contributed by atoms with Crippen LogP contribution >= 0.6 is 0 Å². The molecule has 0 fully saturated rings. The number of benzene rings is 9. The minimum Gasteiger partial charge on any atom is -0.507 e. The number of hydrogen-bond acceptors (Lipinski definition) is 3. The molecule has 0 saturated heterocycles. The molecule has 0 radical (unpaired) electrons. The van der Waals surface area contributed by atoms with E-state index < -0.39 is 0 Å². The summed E-state index contributed by atoms with van der Waals surface area (Å²) in [5.41, 5.74) is 16.2. The zero-order valence-electron chi connectivity index (χ0n) is 35.5. The van der Waals surface area contributed by atoms with Crippen LogP contribution in [-0.2, 0) is 21.1 Å². The second kappa shape index (κ2) is 17.1. The number of para-hydroxylation sites is 4. The second-order valence-electron chi connectivity index (χ2n) is 16.3. The van der Waals surface area contributed by atoms with Crippen molar-refractivity contribution in [1.29, 1.82) is 0 Å². The Morgan fingerprint density at radius 3 is 1.77 bits per heavy atom. The van der Waals surface area contributed by atoms with Crippen LogP contribution in [0, 0.1) is 6.07 Å². The van der Waals surface area contributed by atoms with Gasteiger partial charge in [0.15, 0.2) is 0 Å². The van der Waals surface area contributed by atoms with Crippen LogP contribution in [0.2, 0.25) is 0 Å². The van der Waals surface area contributed by atoms with E-state index in [4.69, 9.17) is 9.97 Å². The van der Waals surface area contributed by atoms with Gasteiger partial charge in [0.1, 0.15) is 11.6 Å². The van der Waals surface area contributed by atoms with E-state index in [1.54, 1.807) is 0 Å². The third-order valence-electron chi connectivity index (χ3n) is 12.4. The normalized spacial score (nSPS) is 11.3. The van der Waals surface area contributed by atoms with E-state index in [1.165, 1.54) is 0 Å². The molecule has 0 aliphatic heterocycles. The molecule has 0 amide bonds. The Bertz CT molecular complexity index is 3710. The van der Waals surface area contributed by atoms with E-state index in [-0.39, 0.29) is 26.8 Å². The van der Waals surface area contributed by atoms with Gasteiger partial charge in [0, 0.05) is 61.0 Å². The summed E-state index contributed by atoms with van der Waals surface area (Å²) in [7, 11) is 0. The zero-order valence-corrected chi connectivity index (χ0v) is 37.8. The molecule has 12 aromatic rings. The molecule has 3 aromatic heterocycles. The van der Waals surface area contributed by atoms with Crippen molar-refractivity contribution in [1.82, 2.24) is 19.1 Å². The molecule has 0 spiro atoms. The average molecular weight is 1030 g/mol. The number of pyridine rings is 1.